The van der Waals surface area contributed by atoms with Crippen LogP contribution in [0.15, 0.2) is 45.6 Å². The van der Waals surface area contributed by atoms with Gasteiger partial charge in [0.1, 0.15) is 12.3 Å². The Morgan fingerprint density at radius 2 is 2.00 bits per heavy atom. The molecule has 0 radical (unpaired) electrons. The molecular formula is C22H23ClNO4+. The van der Waals surface area contributed by atoms with Crippen molar-refractivity contribution in [2.75, 3.05) is 20.4 Å². The van der Waals surface area contributed by atoms with Crippen LogP contribution < -0.4 is 20.0 Å². The minimum atomic E-state index is -0.334. The molecule has 4 rings (SSSR count). The Balaban J connectivity index is 1.60. The maximum absolute atomic E-state index is 12.0. The maximum atomic E-state index is 12.0. The average Bonchev–Trinajstić information content (AvgIpc) is 2.72. The maximum Gasteiger partial charge on any atom is 0.336 e. The number of aryl methyl sites for hydroxylation is 1. The molecule has 0 saturated heterocycles. The van der Waals surface area contributed by atoms with E-state index in [2.05, 4.69) is 12.1 Å². The Morgan fingerprint density at radius 1 is 1.21 bits per heavy atom. The summed E-state index contributed by atoms with van der Waals surface area (Å²) in [4.78, 5) is 13.3. The quantitative estimate of drug-likeness (QED) is 0.669. The molecule has 6 heteroatoms. The van der Waals surface area contributed by atoms with Crippen molar-refractivity contribution in [2.24, 2.45) is 0 Å². The van der Waals surface area contributed by atoms with Gasteiger partial charge in [0.2, 0.25) is 6.73 Å². The summed E-state index contributed by atoms with van der Waals surface area (Å²) in [7, 11) is 1.67. The van der Waals surface area contributed by atoms with E-state index in [-0.39, 0.29) is 5.63 Å². The number of rotatable bonds is 5. The molecule has 1 N–H and O–H groups in total. The van der Waals surface area contributed by atoms with Crippen molar-refractivity contribution in [2.45, 2.75) is 26.3 Å². The van der Waals surface area contributed by atoms with E-state index in [4.69, 9.17) is 25.5 Å². The van der Waals surface area contributed by atoms with Gasteiger partial charge < -0.3 is 13.9 Å². The van der Waals surface area contributed by atoms with Crippen molar-refractivity contribution >= 4 is 22.6 Å². The molecule has 1 aromatic heterocycles. The Morgan fingerprint density at radius 3 is 2.71 bits per heavy atom. The van der Waals surface area contributed by atoms with E-state index in [0.29, 0.717) is 29.6 Å². The molecule has 5 nitrogen and oxygen atoms in total. The summed E-state index contributed by atoms with van der Waals surface area (Å²) in [6.45, 7) is 4.16. The van der Waals surface area contributed by atoms with Gasteiger partial charge in [-0.1, -0.05) is 30.7 Å². The van der Waals surface area contributed by atoms with Gasteiger partial charge in [-0.2, -0.15) is 0 Å². The number of quaternary nitrogens is 1. The Kier molecular flexibility index (Phi) is 5.29. The molecule has 0 fully saturated rings. The van der Waals surface area contributed by atoms with Crippen molar-refractivity contribution in [1.82, 2.24) is 0 Å². The summed E-state index contributed by atoms with van der Waals surface area (Å²) in [6.07, 6.45) is 1.66. The van der Waals surface area contributed by atoms with Crippen molar-refractivity contribution in [3.8, 4) is 11.5 Å². The van der Waals surface area contributed by atoms with Crippen LogP contribution in [0.25, 0.3) is 11.0 Å². The average molecular weight is 401 g/mol. The van der Waals surface area contributed by atoms with E-state index in [1.54, 1.807) is 13.2 Å². The molecule has 2 aromatic carbocycles. The van der Waals surface area contributed by atoms with Crippen molar-refractivity contribution in [3.05, 3.63) is 68.5 Å². The zero-order valence-electron chi connectivity index (χ0n) is 16.0. The molecule has 0 bridgehead atoms. The van der Waals surface area contributed by atoms with Gasteiger partial charge in [0.25, 0.3) is 0 Å². The topological polar surface area (TPSA) is 53.1 Å². The molecule has 2 heterocycles. The lowest BCUT2D eigenvalue weighted by molar-refractivity contribution is -0.932. The lowest BCUT2D eigenvalue weighted by Crippen LogP contribution is -3.12. The number of hydrogen-bond donors (Lipinski definition) is 1. The molecule has 146 valence electrons. The second-order valence-electron chi connectivity index (χ2n) is 7.05. The number of halogens is 1. The summed E-state index contributed by atoms with van der Waals surface area (Å²) >= 11 is 6.47. The van der Waals surface area contributed by atoms with Gasteiger partial charge in [-0.25, -0.2) is 4.79 Å². The summed E-state index contributed by atoms with van der Waals surface area (Å²) < 4.78 is 16.7. The largest absolute Gasteiger partial charge is 0.497 e. The van der Waals surface area contributed by atoms with Crippen LogP contribution in [0.2, 0.25) is 5.02 Å². The second kappa shape index (κ2) is 7.86. The normalized spacial score (nSPS) is 15.9. The summed E-state index contributed by atoms with van der Waals surface area (Å²) in [5, 5.41) is 1.46. The van der Waals surface area contributed by atoms with E-state index in [1.165, 1.54) is 10.5 Å². The molecule has 0 spiro atoms. The SMILES string of the molecule is CCc1cc(=O)oc2c3c(c(Cl)cc12)OC[NH+](CCc1ccc(OC)cc1)C3. The lowest BCUT2D eigenvalue weighted by atomic mass is 10.0. The number of nitrogens with one attached hydrogen (secondary N) is 1. The second-order valence-corrected chi connectivity index (χ2v) is 7.46. The first-order chi connectivity index (χ1) is 13.6. The van der Waals surface area contributed by atoms with Crippen LogP contribution in [0.4, 0.5) is 0 Å². The van der Waals surface area contributed by atoms with Crippen LogP contribution in [0.5, 0.6) is 11.5 Å². The van der Waals surface area contributed by atoms with Gasteiger partial charge in [-0.3, -0.25) is 4.90 Å². The molecule has 1 aliphatic heterocycles. The van der Waals surface area contributed by atoms with E-state index in [1.807, 2.05) is 25.1 Å². The van der Waals surface area contributed by atoms with Crippen molar-refractivity contribution in [3.63, 3.8) is 0 Å². The lowest BCUT2D eigenvalue weighted by Gasteiger charge is -2.27. The Hall–Kier alpha value is -2.50. The number of ether oxygens (including phenoxy) is 2. The smallest absolute Gasteiger partial charge is 0.336 e. The third kappa shape index (κ3) is 3.60. The summed E-state index contributed by atoms with van der Waals surface area (Å²) in [5.74, 6) is 1.49. The number of fused-ring (bicyclic) bond motifs is 3. The summed E-state index contributed by atoms with van der Waals surface area (Å²) in [5.41, 5.74) is 3.34. The van der Waals surface area contributed by atoms with E-state index < -0.39 is 0 Å². The third-order valence-electron chi connectivity index (χ3n) is 5.28. The van der Waals surface area contributed by atoms with Crippen LogP contribution in [-0.2, 0) is 19.4 Å². The highest BCUT2D eigenvalue weighted by atomic mass is 35.5. The monoisotopic (exact) mass is 400 g/mol. The highest BCUT2D eigenvalue weighted by molar-refractivity contribution is 6.33. The van der Waals surface area contributed by atoms with Gasteiger partial charge in [-0.15, -0.1) is 0 Å². The third-order valence-corrected chi connectivity index (χ3v) is 5.56. The first-order valence-electron chi connectivity index (χ1n) is 9.46. The highest BCUT2D eigenvalue weighted by Gasteiger charge is 2.27. The molecule has 0 amide bonds. The molecule has 0 saturated carbocycles. The van der Waals surface area contributed by atoms with E-state index in [9.17, 15) is 4.79 Å². The highest BCUT2D eigenvalue weighted by Crippen LogP contribution is 2.37. The predicted octanol–water partition coefficient (Wildman–Crippen LogP) is 2.99. The molecule has 1 aliphatic rings. The van der Waals surface area contributed by atoms with E-state index in [0.717, 1.165) is 41.6 Å². The standard InChI is InChI=1S/C22H22ClNO4/c1-3-15-10-20(25)28-21-17(15)11-19(23)22-18(21)12-24(13-27-22)9-8-14-4-6-16(26-2)7-5-14/h4-7,10-11H,3,8-9,12-13H2,1-2H3/p+1. The summed E-state index contributed by atoms with van der Waals surface area (Å²) in [6, 6.07) is 11.5. The van der Waals surface area contributed by atoms with Gasteiger partial charge in [-0.05, 0) is 35.7 Å². The molecular weight excluding hydrogens is 378 g/mol. The van der Waals surface area contributed by atoms with Crippen molar-refractivity contribution < 1.29 is 18.8 Å². The molecule has 0 aliphatic carbocycles. The van der Waals surface area contributed by atoms with Gasteiger partial charge in [0.05, 0.1) is 24.2 Å². The fourth-order valence-electron chi connectivity index (χ4n) is 3.73. The Bertz CT molecular complexity index is 1060. The number of benzene rings is 2. The number of methoxy groups -OCH3 is 1. The molecule has 3 aromatic rings. The molecule has 28 heavy (non-hydrogen) atoms. The zero-order valence-corrected chi connectivity index (χ0v) is 16.8. The Labute approximate surface area is 168 Å². The first kappa shape index (κ1) is 18.8. The van der Waals surface area contributed by atoms with Crippen LogP contribution in [-0.4, -0.2) is 20.4 Å². The fourth-order valence-corrected chi connectivity index (χ4v) is 4.01. The van der Waals surface area contributed by atoms with Gasteiger partial charge in [0, 0.05) is 17.9 Å². The predicted molar refractivity (Wildman–Crippen MR) is 109 cm³/mol. The van der Waals surface area contributed by atoms with Gasteiger partial charge >= 0.3 is 5.63 Å². The minimum absolute atomic E-state index is 0.334. The zero-order chi connectivity index (χ0) is 19.7. The first-order valence-corrected chi connectivity index (χ1v) is 9.84. The van der Waals surface area contributed by atoms with Gasteiger partial charge in [0.15, 0.2) is 11.3 Å². The fraction of sp³-hybridized carbons (Fsp3) is 0.318. The van der Waals surface area contributed by atoms with Crippen LogP contribution in [0.3, 0.4) is 0 Å². The van der Waals surface area contributed by atoms with Crippen LogP contribution in [0.1, 0.15) is 23.6 Å². The minimum Gasteiger partial charge on any atom is -0.497 e. The molecule has 1 atom stereocenters. The van der Waals surface area contributed by atoms with Crippen molar-refractivity contribution in [1.29, 1.82) is 0 Å². The molecule has 1 unspecified atom stereocenters. The number of hydrogen-bond acceptors (Lipinski definition) is 4. The van der Waals surface area contributed by atoms with Crippen LogP contribution in [0, 0.1) is 0 Å². The van der Waals surface area contributed by atoms with E-state index >= 15 is 0 Å². The van der Waals surface area contributed by atoms with Crippen LogP contribution >= 0.6 is 11.6 Å².